The van der Waals surface area contributed by atoms with Gasteiger partial charge in [0.25, 0.3) is 0 Å². The lowest BCUT2D eigenvalue weighted by Crippen LogP contribution is -1.96. The summed E-state index contributed by atoms with van der Waals surface area (Å²) in [6.45, 7) is 0.487. The summed E-state index contributed by atoms with van der Waals surface area (Å²) in [5, 5.41) is 0. The van der Waals surface area contributed by atoms with Crippen LogP contribution >= 0.6 is 0 Å². The first kappa shape index (κ1) is 11.6. The summed E-state index contributed by atoms with van der Waals surface area (Å²) in [4.78, 5) is 8.72. The Balaban J connectivity index is 1.92. The number of para-hydroxylation sites is 2. The average Bonchev–Trinajstić information content (AvgIpc) is 2.47. The summed E-state index contributed by atoms with van der Waals surface area (Å²) >= 11 is 0. The summed E-state index contributed by atoms with van der Waals surface area (Å²) in [6, 6.07) is 15.3. The Bertz CT molecular complexity index is 712. The van der Waals surface area contributed by atoms with Crippen LogP contribution < -0.4 is 10.5 Å². The molecule has 0 fully saturated rings. The fourth-order valence-electron chi connectivity index (χ4n) is 1.85. The Morgan fingerprint density at radius 1 is 1.00 bits per heavy atom. The second-order valence-corrected chi connectivity index (χ2v) is 4.15. The molecule has 0 radical (unpaired) electrons. The Labute approximate surface area is 110 Å². The normalized spacial score (nSPS) is 10.6. The smallest absolute Gasteiger partial charge is 0.238 e. The van der Waals surface area contributed by atoms with E-state index in [0.717, 1.165) is 16.6 Å². The minimum absolute atomic E-state index is 0.480. The molecule has 0 aliphatic rings. The summed E-state index contributed by atoms with van der Waals surface area (Å²) in [5.74, 6) is 1.19. The first-order valence-electron chi connectivity index (χ1n) is 6.04. The third-order valence-electron chi connectivity index (χ3n) is 2.78. The highest BCUT2D eigenvalue weighted by molar-refractivity contribution is 5.74. The van der Waals surface area contributed by atoms with Crippen molar-refractivity contribution in [1.29, 1.82) is 0 Å². The quantitative estimate of drug-likeness (QED) is 0.777. The van der Waals surface area contributed by atoms with Gasteiger partial charge in [-0.2, -0.15) is 0 Å². The summed E-state index contributed by atoms with van der Waals surface area (Å²) in [7, 11) is 0. The van der Waals surface area contributed by atoms with Crippen LogP contribution in [0.4, 0.5) is 0 Å². The van der Waals surface area contributed by atoms with E-state index in [0.29, 0.717) is 18.2 Å². The van der Waals surface area contributed by atoms with Gasteiger partial charge in [-0.3, -0.25) is 0 Å². The van der Waals surface area contributed by atoms with Gasteiger partial charge in [0.2, 0.25) is 5.88 Å². The van der Waals surface area contributed by atoms with E-state index in [1.165, 1.54) is 0 Å². The first-order chi connectivity index (χ1) is 9.35. The van der Waals surface area contributed by atoms with Crippen molar-refractivity contribution in [2.24, 2.45) is 5.73 Å². The van der Waals surface area contributed by atoms with E-state index in [1.807, 2.05) is 48.5 Å². The van der Waals surface area contributed by atoms with Crippen molar-refractivity contribution in [3.05, 3.63) is 60.3 Å². The summed E-state index contributed by atoms with van der Waals surface area (Å²) < 4.78 is 5.70. The molecule has 3 aromatic rings. The number of benzene rings is 2. The van der Waals surface area contributed by atoms with Crippen molar-refractivity contribution in [3.8, 4) is 11.6 Å². The van der Waals surface area contributed by atoms with Crippen LogP contribution in [0.2, 0.25) is 0 Å². The number of rotatable bonds is 3. The molecule has 0 unspecified atom stereocenters. The number of fused-ring (bicyclic) bond motifs is 1. The number of nitrogens with zero attached hydrogens (tertiary/aromatic N) is 2. The molecule has 2 N–H and O–H groups in total. The highest BCUT2D eigenvalue weighted by atomic mass is 16.5. The monoisotopic (exact) mass is 251 g/mol. The van der Waals surface area contributed by atoms with Gasteiger partial charge < -0.3 is 10.5 Å². The summed E-state index contributed by atoms with van der Waals surface area (Å²) in [5.41, 5.74) is 8.29. The SMILES string of the molecule is NCc1cccc(Oc2cnc3ccccc3n2)c1. The van der Waals surface area contributed by atoms with Crippen molar-refractivity contribution in [2.45, 2.75) is 6.54 Å². The van der Waals surface area contributed by atoms with Crippen LogP contribution in [0, 0.1) is 0 Å². The van der Waals surface area contributed by atoms with E-state index >= 15 is 0 Å². The van der Waals surface area contributed by atoms with Crippen molar-refractivity contribution >= 4 is 11.0 Å². The molecule has 94 valence electrons. The molecule has 4 nitrogen and oxygen atoms in total. The number of ether oxygens (including phenoxy) is 1. The zero-order chi connectivity index (χ0) is 13.1. The van der Waals surface area contributed by atoms with Crippen LogP contribution in [-0.4, -0.2) is 9.97 Å². The van der Waals surface area contributed by atoms with E-state index < -0.39 is 0 Å². The first-order valence-corrected chi connectivity index (χ1v) is 6.04. The van der Waals surface area contributed by atoms with Gasteiger partial charge in [-0.1, -0.05) is 24.3 Å². The maximum atomic E-state index is 5.70. The van der Waals surface area contributed by atoms with Crippen LogP contribution in [0.3, 0.4) is 0 Å². The Morgan fingerprint density at radius 3 is 2.68 bits per heavy atom. The largest absolute Gasteiger partial charge is 0.437 e. The minimum Gasteiger partial charge on any atom is -0.437 e. The molecular weight excluding hydrogens is 238 g/mol. The van der Waals surface area contributed by atoms with Gasteiger partial charge >= 0.3 is 0 Å². The van der Waals surface area contributed by atoms with Gasteiger partial charge in [-0.25, -0.2) is 9.97 Å². The molecule has 1 heterocycles. The van der Waals surface area contributed by atoms with Crippen LogP contribution in [0.1, 0.15) is 5.56 Å². The number of hydrogen-bond donors (Lipinski definition) is 1. The molecule has 0 aliphatic heterocycles. The Kier molecular flexibility index (Phi) is 3.08. The molecule has 3 rings (SSSR count). The van der Waals surface area contributed by atoms with E-state index in [-0.39, 0.29) is 0 Å². The fraction of sp³-hybridized carbons (Fsp3) is 0.0667. The van der Waals surface area contributed by atoms with E-state index in [2.05, 4.69) is 9.97 Å². The molecule has 0 saturated carbocycles. The third-order valence-corrected chi connectivity index (χ3v) is 2.78. The third kappa shape index (κ3) is 2.53. The lowest BCUT2D eigenvalue weighted by molar-refractivity contribution is 0.462. The maximum Gasteiger partial charge on any atom is 0.238 e. The summed E-state index contributed by atoms with van der Waals surface area (Å²) in [6.07, 6.45) is 1.62. The number of hydrogen-bond acceptors (Lipinski definition) is 4. The van der Waals surface area contributed by atoms with Crippen molar-refractivity contribution in [2.75, 3.05) is 0 Å². The predicted octanol–water partition coefficient (Wildman–Crippen LogP) is 2.88. The van der Waals surface area contributed by atoms with E-state index in [1.54, 1.807) is 6.20 Å². The Morgan fingerprint density at radius 2 is 1.84 bits per heavy atom. The van der Waals surface area contributed by atoms with Gasteiger partial charge in [0, 0.05) is 6.54 Å². The lowest BCUT2D eigenvalue weighted by Gasteiger charge is -2.06. The van der Waals surface area contributed by atoms with Crippen LogP contribution in [-0.2, 0) is 6.54 Å². The van der Waals surface area contributed by atoms with Crippen molar-refractivity contribution < 1.29 is 4.74 Å². The molecule has 0 saturated heterocycles. The predicted molar refractivity (Wildman–Crippen MR) is 73.9 cm³/mol. The molecule has 2 aromatic carbocycles. The standard InChI is InChI=1S/C15H13N3O/c16-9-11-4-3-5-12(8-11)19-15-10-17-13-6-1-2-7-14(13)18-15/h1-8,10H,9,16H2. The van der Waals surface area contributed by atoms with Gasteiger partial charge in [0.15, 0.2) is 0 Å². The number of aromatic nitrogens is 2. The van der Waals surface area contributed by atoms with Gasteiger partial charge in [-0.15, -0.1) is 0 Å². The molecule has 0 atom stereocenters. The highest BCUT2D eigenvalue weighted by Crippen LogP contribution is 2.21. The highest BCUT2D eigenvalue weighted by Gasteiger charge is 2.02. The van der Waals surface area contributed by atoms with Crippen molar-refractivity contribution in [1.82, 2.24) is 9.97 Å². The molecule has 4 heteroatoms. The molecule has 0 aliphatic carbocycles. The topological polar surface area (TPSA) is 61.0 Å². The minimum atomic E-state index is 0.480. The van der Waals surface area contributed by atoms with E-state index in [9.17, 15) is 0 Å². The number of nitrogens with two attached hydrogens (primary N) is 1. The van der Waals surface area contributed by atoms with Crippen molar-refractivity contribution in [3.63, 3.8) is 0 Å². The maximum absolute atomic E-state index is 5.70. The molecule has 0 amide bonds. The van der Waals surface area contributed by atoms with Gasteiger partial charge in [-0.05, 0) is 29.8 Å². The molecule has 0 spiro atoms. The fourth-order valence-corrected chi connectivity index (χ4v) is 1.85. The van der Waals surface area contributed by atoms with Crippen LogP contribution in [0.15, 0.2) is 54.7 Å². The lowest BCUT2D eigenvalue weighted by atomic mass is 10.2. The zero-order valence-corrected chi connectivity index (χ0v) is 10.3. The second-order valence-electron chi connectivity index (χ2n) is 4.15. The second kappa shape index (κ2) is 5.04. The molecule has 19 heavy (non-hydrogen) atoms. The van der Waals surface area contributed by atoms with Gasteiger partial charge in [0.1, 0.15) is 5.75 Å². The average molecular weight is 251 g/mol. The van der Waals surface area contributed by atoms with Crippen LogP contribution in [0.5, 0.6) is 11.6 Å². The van der Waals surface area contributed by atoms with Crippen LogP contribution in [0.25, 0.3) is 11.0 Å². The molecule has 1 aromatic heterocycles. The zero-order valence-electron chi connectivity index (χ0n) is 10.3. The van der Waals surface area contributed by atoms with E-state index in [4.69, 9.17) is 10.5 Å². The molecule has 0 bridgehead atoms. The molecular formula is C15H13N3O. The Hall–Kier alpha value is -2.46. The van der Waals surface area contributed by atoms with Gasteiger partial charge in [0.05, 0.1) is 17.2 Å².